The molecule has 0 N–H and O–H groups in total. The summed E-state index contributed by atoms with van der Waals surface area (Å²) in [7, 11) is 0. The van der Waals surface area contributed by atoms with Crippen LogP contribution in [0.5, 0.6) is 0 Å². The number of aromatic nitrogens is 5. The molecule has 0 amide bonds. The maximum Gasteiger partial charge on any atom is 0.226 e. The topological polar surface area (TPSA) is 69.6 Å². The minimum absolute atomic E-state index is 0.107. The Bertz CT molecular complexity index is 1170. The maximum atomic E-state index is 5.81. The van der Waals surface area contributed by atoms with Gasteiger partial charge in [0.2, 0.25) is 11.8 Å². The first-order valence-electron chi connectivity index (χ1n) is 10.6. The maximum absolute atomic E-state index is 5.81. The van der Waals surface area contributed by atoms with Gasteiger partial charge < -0.3 is 4.42 Å². The molecular weight excluding hydrogens is 406 g/mol. The average molecular weight is 432 g/mol. The highest BCUT2D eigenvalue weighted by Gasteiger charge is 2.29. The van der Waals surface area contributed by atoms with Gasteiger partial charge in [-0.2, -0.15) is 0 Å². The van der Waals surface area contributed by atoms with Gasteiger partial charge in [0.1, 0.15) is 0 Å². The highest BCUT2D eigenvalue weighted by atomic mass is 32.2. The molecule has 7 heteroatoms. The Morgan fingerprint density at radius 2 is 1.68 bits per heavy atom. The van der Waals surface area contributed by atoms with Crippen LogP contribution in [0.2, 0.25) is 0 Å². The van der Waals surface area contributed by atoms with Crippen molar-refractivity contribution in [2.75, 3.05) is 0 Å². The first-order valence-corrected chi connectivity index (χ1v) is 11.5. The van der Waals surface area contributed by atoms with Crippen LogP contribution in [-0.2, 0) is 11.2 Å². The lowest BCUT2D eigenvalue weighted by Crippen LogP contribution is -2.10. The number of benzene rings is 2. The molecule has 5 rings (SSSR count). The highest BCUT2D eigenvalue weighted by molar-refractivity contribution is 7.98. The third kappa shape index (κ3) is 4.28. The van der Waals surface area contributed by atoms with Crippen molar-refractivity contribution in [3.63, 3.8) is 0 Å². The molecule has 158 valence electrons. The molecule has 1 saturated carbocycles. The van der Waals surface area contributed by atoms with Crippen LogP contribution in [0.1, 0.15) is 56.9 Å². The van der Waals surface area contributed by atoms with E-state index in [1.807, 2.05) is 18.2 Å². The van der Waals surface area contributed by atoms with E-state index >= 15 is 0 Å². The predicted molar refractivity (Wildman–Crippen MR) is 121 cm³/mol. The number of hydrogen-bond donors (Lipinski definition) is 0. The average Bonchev–Trinajstić information content (AvgIpc) is 3.36. The Morgan fingerprint density at radius 3 is 2.35 bits per heavy atom. The lowest BCUT2D eigenvalue weighted by Gasteiger charge is -2.19. The van der Waals surface area contributed by atoms with Crippen molar-refractivity contribution in [3.05, 3.63) is 71.9 Å². The molecule has 2 aromatic carbocycles. The van der Waals surface area contributed by atoms with E-state index < -0.39 is 0 Å². The van der Waals surface area contributed by atoms with Crippen LogP contribution in [0.15, 0.2) is 64.2 Å². The lowest BCUT2D eigenvalue weighted by molar-refractivity contribution is 0.466. The van der Waals surface area contributed by atoms with Crippen molar-refractivity contribution in [1.29, 1.82) is 0 Å². The van der Waals surface area contributed by atoms with E-state index in [-0.39, 0.29) is 5.41 Å². The molecule has 1 fully saturated rings. The van der Waals surface area contributed by atoms with Crippen molar-refractivity contribution >= 4 is 11.8 Å². The Hall–Kier alpha value is -2.93. The summed E-state index contributed by atoms with van der Waals surface area (Å²) in [5.74, 6) is 3.23. The van der Waals surface area contributed by atoms with E-state index in [0.717, 1.165) is 41.0 Å². The summed E-state index contributed by atoms with van der Waals surface area (Å²) in [5.41, 5.74) is 3.45. The minimum Gasteiger partial charge on any atom is -0.424 e. The van der Waals surface area contributed by atoms with E-state index in [0.29, 0.717) is 17.6 Å². The summed E-state index contributed by atoms with van der Waals surface area (Å²) in [6.07, 6.45) is 2.29. The van der Waals surface area contributed by atoms with Crippen LogP contribution in [0.25, 0.3) is 17.1 Å². The monoisotopic (exact) mass is 431 g/mol. The van der Waals surface area contributed by atoms with E-state index in [1.54, 1.807) is 11.8 Å². The number of rotatable bonds is 6. The normalized spacial score (nSPS) is 14.2. The van der Waals surface area contributed by atoms with Crippen molar-refractivity contribution < 1.29 is 4.42 Å². The fraction of sp³-hybridized carbons (Fsp3) is 0.333. The van der Waals surface area contributed by atoms with Gasteiger partial charge in [0.15, 0.2) is 11.0 Å². The van der Waals surface area contributed by atoms with Crippen LogP contribution >= 0.6 is 11.8 Å². The third-order valence-corrected chi connectivity index (χ3v) is 6.30. The fourth-order valence-electron chi connectivity index (χ4n) is 3.43. The Morgan fingerprint density at radius 1 is 0.935 bits per heavy atom. The summed E-state index contributed by atoms with van der Waals surface area (Å²) >= 11 is 1.56. The van der Waals surface area contributed by atoms with Crippen molar-refractivity contribution in [2.45, 2.75) is 55.9 Å². The van der Waals surface area contributed by atoms with Crippen LogP contribution < -0.4 is 0 Å². The van der Waals surface area contributed by atoms with Gasteiger partial charge in [0.25, 0.3) is 0 Å². The SMILES string of the molecule is CC(C)(C)c1ccc(-c2nnc(SCc3nnc(C4CC4)o3)n2-c2ccccc2)cc1. The Kier molecular flexibility index (Phi) is 5.14. The van der Waals surface area contributed by atoms with E-state index in [1.165, 1.54) is 5.56 Å². The summed E-state index contributed by atoms with van der Waals surface area (Å²) in [4.78, 5) is 0. The van der Waals surface area contributed by atoms with Crippen LogP contribution in [0.4, 0.5) is 0 Å². The molecule has 6 nitrogen and oxygen atoms in total. The Labute approximate surface area is 186 Å². The number of nitrogens with zero attached hydrogens (tertiary/aromatic N) is 5. The third-order valence-electron chi connectivity index (χ3n) is 5.39. The number of para-hydroxylation sites is 1. The molecule has 0 bridgehead atoms. The predicted octanol–water partition coefficient (Wildman–Crippen LogP) is 5.78. The number of hydrogen-bond acceptors (Lipinski definition) is 6. The second kappa shape index (κ2) is 7.96. The van der Waals surface area contributed by atoms with Gasteiger partial charge in [-0.05, 0) is 36.0 Å². The zero-order valence-corrected chi connectivity index (χ0v) is 18.8. The second-order valence-electron chi connectivity index (χ2n) is 8.90. The number of thioether (sulfide) groups is 1. The van der Waals surface area contributed by atoms with Gasteiger partial charge in [-0.1, -0.05) is 75.0 Å². The first kappa shape index (κ1) is 20.0. The molecule has 0 saturated heterocycles. The minimum atomic E-state index is 0.107. The van der Waals surface area contributed by atoms with E-state index in [9.17, 15) is 0 Å². The Balaban J connectivity index is 1.46. The molecule has 0 aliphatic heterocycles. The molecule has 1 aliphatic carbocycles. The highest BCUT2D eigenvalue weighted by Crippen LogP contribution is 2.39. The zero-order chi connectivity index (χ0) is 21.4. The summed E-state index contributed by atoms with van der Waals surface area (Å²) in [6.45, 7) is 6.65. The molecule has 4 aromatic rings. The van der Waals surface area contributed by atoms with Crippen LogP contribution in [0.3, 0.4) is 0 Å². The van der Waals surface area contributed by atoms with Gasteiger partial charge in [0, 0.05) is 17.2 Å². The fourth-order valence-corrected chi connectivity index (χ4v) is 4.21. The van der Waals surface area contributed by atoms with Crippen LogP contribution in [-0.4, -0.2) is 25.0 Å². The quantitative estimate of drug-likeness (QED) is 0.360. The van der Waals surface area contributed by atoms with Crippen molar-refractivity contribution in [1.82, 2.24) is 25.0 Å². The molecule has 0 spiro atoms. The zero-order valence-electron chi connectivity index (χ0n) is 17.9. The van der Waals surface area contributed by atoms with Crippen LogP contribution in [0, 0.1) is 0 Å². The van der Waals surface area contributed by atoms with Crippen molar-refractivity contribution in [3.8, 4) is 17.1 Å². The van der Waals surface area contributed by atoms with Gasteiger partial charge in [-0.3, -0.25) is 4.57 Å². The second-order valence-corrected chi connectivity index (χ2v) is 9.84. The van der Waals surface area contributed by atoms with Gasteiger partial charge in [-0.15, -0.1) is 20.4 Å². The largest absolute Gasteiger partial charge is 0.424 e. The molecule has 0 unspecified atom stereocenters. The molecule has 0 radical (unpaired) electrons. The lowest BCUT2D eigenvalue weighted by atomic mass is 9.87. The van der Waals surface area contributed by atoms with E-state index in [4.69, 9.17) is 4.42 Å². The first-order chi connectivity index (χ1) is 15.0. The molecule has 31 heavy (non-hydrogen) atoms. The smallest absolute Gasteiger partial charge is 0.226 e. The summed E-state index contributed by atoms with van der Waals surface area (Å²) in [6, 6.07) is 18.8. The molecule has 0 atom stereocenters. The summed E-state index contributed by atoms with van der Waals surface area (Å²) in [5, 5.41) is 18.2. The van der Waals surface area contributed by atoms with Gasteiger partial charge in [0.05, 0.1) is 5.75 Å². The molecular formula is C24H25N5OS. The van der Waals surface area contributed by atoms with Gasteiger partial charge in [-0.25, -0.2) is 0 Å². The van der Waals surface area contributed by atoms with E-state index in [2.05, 4.69) is 82.1 Å². The summed E-state index contributed by atoms with van der Waals surface area (Å²) < 4.78 is 7.90. The van der Waals surface area contributed by atoms with Crippen molar-refractivity contribution in [2.24, 2.45) is 0 Å². The van der Waals surface area contributed by atoms with Gasteiger partial charge >= 0.3 is 0 Å². The molecule has 1 aliphatic rings. The molecule has 2 heterocycles. The molecule has 2 aromatic heterocycles. The standard InChI is InChI=1S/C24H25N5OS/c1-24(2,3)18-13-11-16(12-14-18)21-26-28-23(29(21)19-7-5-4-6-8-19)31-15-20-25-27-22(30-20)17-9-10-17/h4-8,11-14,17H,9-10,15H2,1-3H3.